The van der Waals surface area contributed by atoms with Crippen molar-refractivity contribution in [2.45, 2.75) is 6.92 Å². The van der Waals surface area contributed by atoms with Crippen molar-refractivity contribution in [2.75, 3.05) is 38.6 Å². The molecule has 0 aromatic heterocycles. The van der Waals surface area contributed by atoms with Gasteiger partial charge in [-0.05, 0) is 24.6 Å². The number of benzene rings is 1. The molecule has 1 aliphatic heterocycles. The summed E-state index contributed by atoms with van der Waals surface area (Å²) in [4.78, 5) is 14.3. The molecule has 2 N–H and O–H groups in total. The van der Waals surface area contributed by atoms with E-state index in [9.17, 15) is 10.1 Å². The highest BCUT2D eigenvalue weighted by molar-refractivity contribution is 6.07. The van der Waals surface area contributed by atoms with Crippen LogP contribution in [0.3, 0.4) is 0 Å². The van der Waals surface area contributed by atoms with Gasteiger partial charge in [-0.1, -0.05) is 6.07 Å². The highest BCUT2D eigenvalue weighted by Crippen LogP contribution is 2.25. The second kappa shape index (κ2) is 7.48. The largest absolute Gasteiger partial charge is 0.495 e. The maximum atomic E-state index is 12.3. The van der Waals surface area contributed by atoms with E-state index in [0.29, 0.717) is 11.4 Å². The van der Waals surface area contributed by atoms with Gasteiger partial charge in [0.25, 0.3) is 5.91 Å². The van der Waals surface area contributed by atoms with Crippen molar-refractivity contribution in [3.05, 3.63) is 35.5 Å². The van der Waals surface area contributed by atoms with Gasteiger partial charge < -0.3 is 20.3 Å². The van der Waals surface area contributed by atoms with E-state index in [1.54, 1.807) is 19.4 Å². The first-order valence-electron chi connectivity index (χ1n) is 7.16. The van der Waals surface area contributed by atoms with Crippen LogP contribution >= 0.6 is 0 Å². The summed E-state index contributed by atoms with van der Waals surface area (Å²) < 4.78 is 5.23. The first kappa shape index (κ1) is 15.9. The summed E-state index contributed by atoms with van der Waals surface area (Å²) >= 11 is 0. The predicted octanol–water partition coefficient (Wildman–Crippen LogP) is 1.25. The average molecular weight is 300 g/mol. The quantitative estimate of drug-likeness (QED) is 0.646. The van der Waals surface area contributed by atoms with Gasteiger partial charge in [0.05, 0.1) is 12.8 Å². The number of hydrogen-bond donors (Lipinski definition) is 2. The summed E-state index contributed by atoms with van der Waals surface area (Å²) in [5.74, 6) is 0.142. The maximum absolute atomic E-state index is 12.3. The smallest absolute Gasteiger partial charge is 0.267 e. The zero-order valence-corrected chi connectivity index (χ0v) is 12.8. The van der Waals surface area contributed by atoms with Crippen LogP contribution in [0.4, 0.5) is 5.69 Å². The molecule has 0 unspecified atom stereocenters. The number of carbonyl (C=O) groups excluding carboxylic acids is 1. The first-order valence-corrected chi connectivity index (χ1v) is 7.16. The van der Waals surface area contributed by atoms with Crippen molar-refractivity contribution < 1.29 is 9.53 Å². The molecule has 0 saturated carbocycles. The number of carbonyl (C=O) groups is 1. The fourth-order valence-corrected chi connectivity index (χ4v) is 2.24. The highest BCUT2D eigenvalue weighted by atomic mass is 16.5. The predicted molar refractivity (Wildman–Crippen MR) is 84.5 cm³/mol. The van der Waals surface area contributed by atoms with Gasteiger partial charge in [0, 0.05) is 32.4 Å². The van der Waals surface area contributed by atoms with Crippen molar-refractivity contribution in [1.82, 2.24) is 10.2 Å². The zero-order valence-electron chi connectivity index (χ0n) is 12.8. The third-order valence-corrected chi connectivity index (χ3v) is 3.43. The van der Waals surface area contributed by atoms with Crippen LogP contribution in [0, 0.1) is 18.3 Å². The number of nitrogens with zero attached hydrogens (tertiary/aromatic N) is 2. The van der Waals surface area contributed by atoms with Crippen molar-refractivity contribution in [3.63, 3.8) is 0 Å². The summed E-state index contributed by atoms with van der Waals surface area (Å²) in [6.07, 6.45) is 1.62. The van der Waals surface area contributed by atoms with Gasteiger partial charge >= 0.3 is 0 Å². The number of anilines is 1. The first-order chi connectivity index (χ1) is 10.6. The van der Waals surface area contributed by atoms with Crippen LogP contribution in [-0.4, -0.2) is 44.1 Å². The van der Waals surface area contributed by atoms with Crippen LogP contribution in [0.25, 0.3) is 0 Å². The molecule has 0 spiro atoms. The molecule has 0 atom stereocenters. The van der Waals surface area contributed by atoms with Crippen LogP contribution < -0.4 is 15.4 Å². The highest BCUT2D eigenvalue weighted by Gasteiger charge is 2.15. The van der Waals surface area contributed by atoms with E-state index in [1.807, 2.05) is 30.0 Å². The van der Waals surface area contributed by atoms with Gasteiger partial charge in [0.15, 0.2) is 0 Å². The Kier molecular flexibility index (Phi) is 5.39. The van der Waals surface area contributed by atoms with E-state index in [0.717, 1.165) is 31.7 Å². The topological polar surface area (TPSA) is 77.4 Å². The van der Waals surface area contributed by atoms with Gasteiger partial charge in [0.2, 0.25) is 0 Å². The van der Waals surface area contributed by atoms with E-state index in [1.165, 1.54) is 0 Å². The molecule has 2 rings (SSSR count). The summed E-state index contributed by atoms with van der Waals surface area (Å²) in [5.41, 5.74) is 1.65. The Balaban J connectivity index is 2.14. The van der Waals surface area contributed by atoms with E-state index in [4.69, 9.17) is 4.74 Å². The van der Waals surface area contributed by atoms with Gasteiger partial charge in [-0.25, -0.2) is 0 Å². The van der Waals surface area contributed by atoms with Crippen molar-refractivity contribution in [1.29, 1.82) is 5.26 Å². The van der Waals surface area contributed by atoms with Crippen molar-refractivity contribution >= 4 is 11.6 Å². The minimum Gasteiger partial charge on any atom is -0.495 e. The Morgan fingerprint density at radius 3 is 2.82 bits per heavy atom. The van der Waals surface area contributed by atoms with Gasteiger partial charge in [0.1, 0.15) is 17.4 Å². The van der Waals surface area contributed by atoms with Crippen molar-refractivity contribution in [2.24, 2.45) is 0 Å². The summed E-state index contributed by atoms with van der Waals surface area (Å²) in [7, 11) is 1.54. The lowest BCUT2D eigenvalue weighted by Crippen LogP contribution is -2.41. The minimum absolute atomic E-state index is 0.0884. The van der Waals surface area contributed by atoms with Crippen LogP contribution in [0.5, 0.6) is 5.75 Å². The summed E-state index contributed by atoms with van der Waals surface area (Å²) in [5, 5.41) is 15.2. The van der Waals surface area contributed by atoms with Crippen LogP contribution in [0.2, 0.25) is 0 Å². The zero-order chi connectivity index (χ0) is 15.9. The summed E-state index contributed by atoms with van der Waals surface area (Å²) in [6.45, 7) is 5.19. The number of aryl methyl sites for hydroxylation is 1. The molecular formula is C16H20N4O2. The lowest BCUT2D eigenvalue weighted by Gasteiger charge is -2.26. The SMILES string of the molecule is COc1ccc(C)cc1NC(=O)/C(C#N)=C\N1CCNCC1. The molecule has 1 heterocycles. The molecule has 0 aliphatic carbocycles. The molecule has 0 radical (unpaired) electrons. The number of nitrogens with one attached hydrogen (secondary N) is 2. The molecule has 1 aromatic carbocycles. The fraction of sp³-hybridized carbons (Fsp3) is 0.375. The Labute approximate surface area is 130 Å². The van der Waals surface area contributed by atoms with Crippen LogP contribution in [0.1, 0.15) is 5.56 Å². The lowest BCUT2D eigenvalue weighted by molar-refractivity contribution is -0.112. The number of nitriles is 1. The molecular weight excluding hydrogens is 280 g/mol. The number of hydrogen-bond acceptors (Lipinski definition) is 5. The van der Waals surface area contributed by atoms with E-state index < -0.39 is 5.91 Å². The maximum Gasteiger partial charge on any atom is 0.267 e. The molecule has 1 fully saturated rings. The average Bonchev–Trinajstić information content (AvgIpc) is 2.53. The number of rotatable bonds is 4. The Hall–Kier alpha value is -2.52. The fourth-order valence-electron chi connectivity index (χ4n) is 2.24. The minimum atomic E-state index is -0.426. The second-order valence-corrected chi connectivity index (χ2v) is 5.10. The molecule has 0 bridgehead atoms. The molecule has 6 nitrogen and oxygen atoms in total. The molecule has 6 heteroatoms. The van der Waals surface area contributed by atoms with E-state index >= 15 is 0 Å². The number of ether oxygens (including phenoxy) is 1. The molecule has 1 aliphatic rings. The Morgan fingerprint density at radius 1 is 1.45 bits per heavy atom. The number of methoxy groups -OCH3 is 1. The van der Waals surface area contributed by atoms with Gasteiger partial charge in [-0.15, -0.1) is 0 Å². The Morgan fingerprint density at radius 2 is 2.18 bits per heavy atom. The van der Waals surface area contributed by atoms with Crippen LogP contribution in [-0.2, 0) is 4.79 Å². The molecule has 1 aromatic rings. The lowest BCUT2D eigenvalue weighted by atomic mass is 10.2. The third kappa shape index (κ3) is 3.99. The van der Waals surface area contributed by atoms with Gasteiger partial charge in [-0.3, -0.25) is 4.79 Å². The molecule has 1 saturated heterocycles. The summed E-state index contributed by atoms with van der Waals surface area (Å²) in [6, 6.07) is 7.47. The number of piperazine rings is 1. The number of amides is 1. The monoisotopic (exact) mass is 300 g/mol. The second-order valence-electron chi connectivity index (χ2n) is 5.10. The van der Waals surface area contributed by atoms with E-state index in [-0.39, 0.29) is 5.57 Å². The molecule has 1 amide bonds. The molecule has 22 heavy (non-hydrogen) atoms. The normalized spacial score (nSPS) is 15.1. The third-order valence-electron chi connectivity index (χ3n) is 3.43. The molecule has 116 valence electrons. The van der Waals surface area contributed by atoms with Gasteiger partial charge in [-0.2, -0.15) is 5.26 Å². The standard InChI is InChI=1S/C16H20N4O2/c1-12-3-4-15(22-2)14(9-12)19-16(21)13(10-17)11-20-7-5-18-6-8-20/h3-4,9,11,18H,5-8H2,1-2H3,(H,19,21)/b13-11-. The van der Waals surface area contributed by atoms with E-state index in [2.05, 4.69) is 10.6 Å². The van der Waals surface area contributed by atoms with Crippen LogP contribution in [0.15, 0.2) is 30.0 Å². The van der Waals surface area contributed by atoms with Crippen molar-refractivity contribution in [3.8, 4) is 11.8 Å². The Bertz CT molecular complexity index is 613.